The van der Waals surface area contributed by atoms with E-state index >= 15 is 0 Å². The van der Waals surface area contributed by atoms with E-state index in [0.717, 1.165) is 12.3 Å². The summed E-state index contributed by atoms with van der Waals surface area (Å²) in [5.41, 5.74) is 1.20. The van der Waals surface area contributed by atoms with E-state index in [1.807, 2.05) is 13.8 Å². The molecule has 41 heavy (non-hydrogen) atoms. The highest BCUT2D eigenvalue weighted by atomic mass is 35.5. The molecule has 2 aromatic heterocycles. The number of hydrogen-bond acceptors (Lipinski definition) is 7. The lowest BCUT2D eigenvalue weighted by Crippen LogP contribution is -2.42. The number of amides is 2. The van der Waals surface area contributed by atoms with Crippen LogP contribution in [0.25, 0.3) is 0 Å². The molecule has 0 radical (unpaired) electrons. The van der Waals surface area contributed by atoms with Gasteiger partial charge in [-0.1, -0.05) is 66.8 Å². The first-order valence-electron chi connectivity index (χ1n) is 12.3. The summed E-state index contributed by atoms with van der Waals surface area (Å²) in [6, 6.07) is 12.4. The highest BCUT2D eigenvalue weighted by Crippen LogP contribution is 2.34. The quantitative estimate of drug-likeness (QED) is 0.270. The summed E-state index contributed by atoms with van der Waals surface area (Å²) in [4.78, 5) is 42.9. The smallest absolute Gasteiger partial charge is 0.269 e. The first kappa shape index (κ1) is 29.9. The van der Waals surface area contributed by atoms with Crippen LogP contribution >= 0.6 is 34.8 Å². The molecule has 0 saturated carbocycles. The van der Waals surface area contributed by atoms with E-state index in [0.29, 0.717) is 27.7 Å². The van der Waals surface area contributed by atoms with Gasteiger partial charge >= 0.3 is 0 Å². The first-order chi connectivity index (χ1) is 19.8. The number of benzene rings is 2. The lowest BCUT2D eigenvalue weighted by Gasteiger charge is -2.16. The fourth-order valence-electron chi connectivity index (χ4n) is 3.77. The van der Waals surface area contributed by atoms with Crippen molar-refractivity contribution in [2.45, 2.75) is 26.6 Å². The zero-order valence-corrected chi connectivity index (χ0v) is 23.9. The molecule has 13 heteroatoms. The van der Waals surface area contributed by atoms with Crippen LogP contribution in [0.4, 0.5) is 10.1 Å². The number of aliphatic imine (C=N–C) groups is 1. The van der Waals surface area contributed by atoms with Crippen molar-refractivity contribution in [3.63, 3.8) is 0 Å². The molecule has 2 amide bonds. The minimum absolute atomic E-state index is 0.130. The molecule has 2 aromatic carbocycles. The van der Waals surface area contributed by atoms with Crippen molar-refractivity contribution in [2.24, 2.45) is 4.99 Å². The Kier molecular flexibility index (Phi) is 9.82. The molecule has 3 heterocycles. The molecule has 4 aromatic rings. The van der Waals surface area contributed by atoms with E-state index < -0.39 is 23.8 Å². The van der Waals surface area contributed by atoms with Gasteiger partial charge in [-0.3, -0.25) is 9.59 Å². The number of anilines is 1. The van der Waals surface area contributed by atoms with Crippen molar-refractivity contribution >= 4 is 58.0 Å². The Labute approximate surface area is 249 Å². The van der Waals surface area contributed by atoms with Crippen LogP contribution in [-0.2, 0) is 11.4 Å². The minimum Gasteiger partial charge on any atom is -0.469 e. The van der Waals surface area contributed by atoms with Gasteiger partial charge < -0.3 is 15.4 Å². The molecule has 2 N–H and O–H groups in total. The lowest BCUT2D eigenvalue weighted by molar-refractivity contribution is -0.117. The largest absolute Gasteiger partial charge is 0.469 e. The molecule has 5 rings (SSSR count). The van der Waals surface area contributed by atoms with Gasteiger partial charge in [0.1, 0.15) is 18.0 Å². The van der Waals surface area contributed by atoms with Crippen molar-refractivity contribution in [1.29, 1.82) is 0 Å². The Morgan fingerprint density at radius 2 is 1.71 bits per heavy atom. The van der Waals surface area contributed by atoms with Crippen LogP contribution in [0, 0.1) is 5.82 Å². The van der Waals surface area contributed by atoms with E-state index in [2.05, 4.69) is 30.6 Å². The number of pyridine rings is 1. The molecule has 1 aliphatic heterocycles. The second-order valence-corrected chi connectivity index (χ2v) is 9.34. The third-order valence-corrected chi connectivity index (χ3v) is 6.29. The summed E-state index contributed by atoms with van der Waals surface area (Å²) in [6.07, 6.45) is 2.48. The van der Waals surface area contributed by atoms with Crippen LogP contribution in [0.15, 0.2) is 72.1 Å². The Morgan fingerprint density at radius 1 is 1.02 bits per heavy atom. The molecule has 210 valence electrons. The Bertz CT molecular complexity index is 1600. The van der Waals surface area contributed by atoms with E-state index in [4.69, 9.17) is 39.5 Å². The second kappa shape index (κ2) is 13.5. The maximum atomic E-state index is 14.1. The molecule has 0 spiro atoms. The SMILES string of the molecule is CC.O=C(NC1N=C(c2c(Cl)cc(Cl)cc2Cl)c2ccccc2NC1=O)c1cc(F)cnc1OCc1ncccn1. The van der Waals surface area contributed by atoms with Crippen molar-refractivity contribution in [3.8, 4) is 5.88 Å². The van der Waals surface area contributed by atoms with E-state index in [1.165, 1.54) is 24.5 Å². The standard InChI is InChI=1S/C26H16Cl3FN6O3.C2H6/c27-13-8-17(28)21(18(29)9-13)22-15-4-1-2-5-19(15)34-25(38)23(35-22)36-24(37)16-10-14(30)11-33-26(16)39-12-20-31-6-3-7-32-20;1-2/h1-11,23H,12H2,(H,34,38)(H,36,37);1-2H3. The van der Waals surface area contributed by atoms with Crippen LogP contribution in [-0.4, -0.2) is 38.6 Å². The van der Waals surface area contributed by atoms with Crippen molar-refractivity contribution in [3.05, 3.63) is 111 Å². The molecule has 0 fully saturated rings. The number of nitrogens with one attached hydrogen (secondary N) is 2. The van der Waals surface area contributed by atoms with Crippen molar-refractivity contribution in [1.82, 2.24) is 20.3 Å². The highest BCUT2D eigenvalue weighted by molar-refractivity contribution is 6.44. The summed E-state index contributed by atoms with van der Waals surface area (Å²) in [7, 11) is 0. The number of rotatable bonds is 6. The molecule has 1 atom stereocenters. The summed E-state index contributed by atoms with van der Waals surface area (Å²) in [5, 5.41) is 5.93. The van der Waals surface area contributed by atoms with Crippen LogP contribution in [0.5, 0.6) is 5.88 Å². The second-order valence-electron chi connectivity index (χ2n) is 8.09. The molecule has 1 unspecified atom stereocenters. The number of nitrogens with zero attached hydrogens (tertiary/aromatic N) is 4. The fourth-order valence-corrected chi connectivity index (χ4v) is 4.76. The summed E-state index contributed by atoms with van der Waals surface area (Å²) >= 11 is 19.0. The topological polar surface area (TPSA) is 118 Å². The number of aromatic nitrogens is 3. The molecular formula is C28H22Cl3FN6O3. The Morgan fingerprint density at radius 3 is 2.41 bits per heavy atom. The van der Waals surface area contributed by atoms with Gasteiger partial charge in [0, 0.05) is 28.5 Å². The molecule has 9 nitrogen and oxygen atoms in total. The summed E-state index contributed by atoms with van der Waals surface area (Å²) in [5.74, 6) is -2.18. The predicted octanol–water partition coefficient (Wildman–Crippen LogP) is 6.12. The fraction of sp³-hybridized carbons (Fsp3) is 0.143. The normalized spacial score (nSPS) is 14.0. The van der Waals surface area contributed by atoms with E-state index in [9.17, 15) is 14.0 Å². The zero-order valence-electron chi connectivity index (χ0n) is 21.7. The summed E-state index contributed by atoms with van der Waals surface area (Å²) < 4.78 is 19.7. The number of hydrogen-bond donors (Lipinski definition) is 2. The van der Waals surface area contributed by atoms with E-state index in [-0.39, 0.29) is 33.8 Å². The molecule has 0 aliphatic carbocycles. The molecule has 0 bridgehead atoms. The predicted molar refractivity (Wildman–Crippen MR) is 155 cm³/mol. The van der Waals surface area contributed by atoms with Gasteiger partial charge in [-0.05, 0) is 30.3 Å². The van der Waals surface area contributed by atoms with Crippen LogP contribution in [0.3, 0.4) is 0 Å². The average Bonchev–Trinajstić information content (AvgIpc) is 3.09. The van der Waals surface area contributed by atoms with Gasteiger partial charge in [-0.15, -0.1) is 0 Å². The van der Waals surface area contributed by atoms with Gasteiger partial charge in [0.25, 0.3) is 11.8 Å². The average molecular weight is 616 g/mol. The monoisotopic (exact) mass is 614 g/mol. The number of halogens is 4. The Balaban J connectivity index is 0.00000189. The van der Waals surface area contributed by atoms with Crippen molar-refractivity contribution < 1.29 is 18.7 Å². The van der Waals surface area contributed by atoms with Crippen LogP contribution < -0.4 is 15.4 Å². The van der Waals surface area contributed by atoms with Crippen LogP contribution in [0.1, 0.15) is 41.2 Å². The number of para-hydroxylation sites is 1. The van der Waals surface area contributed by atoms with Crippen molar-refractivity contribution in [2.75, 3.05) is 5.32 Å². The molecule has 0 saturated heterocycles. The van der Waals surface area contributed by atoms with Gasteiger partial charge in [-0.2, -0.15) is 0 Å². The lowest BCUT2D eigenvalue weighted by atomic mass is 10.0. The van der Waals surface area contributed by atoms with Gasteiger partial charge in [0.05, 0.1) is 27.6 Å². The third kappa shape index (κ3) is 6.97. The number of fused-ring (bicyclic) bond motifs is 1. The molecule has 1 aliphatic rings. The maximum Gasteiger partial charge on any atom is 0.269 e. The number of carbonyl (C=O) groups excluding carboxylic acids is 2. The Hall–Kier alpha value is -4.12. The molecular weight excluding hydrogens is 594 g/mol. The van der Waals surface area contributed by atoms with Gasteiger partial charge in [0.2, 0.25) is 12.0 Å². The maximum absolute atomic E-state index is 14.1. The van der Waals surface area contributed by atoms with Crippen LogP contribution in [0.2, 0.25) is 15.1 Å². The van der Waals surface area contributed by atoms with Gasteiger partial charge in [-0.25, -0.2) is 24.3 Å². The number of ether oxygens (including phenoxy) is 1. The highest BCUT2D eigenvalue weighted by Gasteiger charge is 2.30. The first-order valence-corrected chi connectivity index (χ1v) is 13.4. The number of carbonyl (C=O) groups is 2. The minimum atomic E-state index is -1.46. The van der Waals surface area contributed by atoms with Gasteiger partial charge in [0.15, 0.2) is 5.82 Å². The number of benzodiazepines with no additional fused rings is 1. The van der Waals surface area contributed by atoms with E-state index in [1.54, 1.807) is 30.3 Å². The third-order valence-electron chi connectivity index (χ3n) is 5.48. The zero-order chi connectivity index (χ0) is 29.5. The summed E-state index contributed by atoms with van der Waals surface area (Å²) in [6.45, 7) is 3.87.